The van der Waals surface area contributed by atoms with Crippen molar-refractivity contribution in [2.24, 2.45) is 0 Å². The zero-order valence-corrected chi connectivity index (χ0v) is 19.1. The minimum atomic E-state index is -3.91. The standard InChI is InChI=1S/C21H16ClN3O5S2/c1-25(15-6-7-16-17(12-15)29-10-9-28-16)32(26,27)18-8-11-31-19(18)21-23-20(24-30-21)13-2-4-14(22)5-3-13/h2-8,11-12H,9-10H2,1H3. The van der Waals surface area contributed by atoms with Gasteiger partial charge < -0.3 is 14.0 Å². The average molecular weight is 490 g/mol. The van der Waals surface area contributed by atoms with Gasteiger partial charge in [0.2, 0.25) is 5.82 Å². The van der Waals surface area contributed by atoms with E-state index in [0.29, 0.717) is 51.7 Å². The molecule has 8 nitrogen and oxygen atoms in total. The van der Waals surface area contributed by atoms with Crippen molar-refractivity contribution >= 4 is 38.6 Å². The Morgan fingerprint density at radius 2 is 1.78 bits per heavy atom. The van der Waals surface area contributed by atoms with Crippen molar-refractivity contribution in [2.45, 2.75) is 4.90 Å². The Hall–Kier alpha value is -3.08. The highest BCUT2D eigenvalue weighted by atomic mass is 35.5. The van der Waals surface area contributed by atoms with Gasteiger partial charge in [-0.15, -0.1) is 11.3 Å². The number of anilines is 1. The molecule has 164 valence electrons. The second kappa shape index (κ2) is 8.12. The second-order valence-electron chi connectivity index (χ2n) is 6.84. The number of hydrogen-bond donors (Lipinski definition) is 0. The Morgan fingerprint density at radius 3 is 2.56 bits per heavy atom. The van der Waals surface area contributed by atoms with Crippen LogP contribution in [0.15, 0.2) is 63.3 Å². The van der Waals surface area contributed by atoms with Gasteiger partial charge in [-0.3, -0.25) is 4.31 Å². The van der Waals surface area contributed by atoms with Crippen LogP contribution in [-0.4, -0.2) is 38.8 Å². The van der Waals surface area contributed by atoms with E-state index in [4.69, 9.17) is 25.6 Å². The van der Waals surface area contributed by atoms with Gasteiger partial charge in [-0.1, -0.05) is 16.8 Å². The maximum Gasteiger partial charge on any atom is 0.269 e. The van der Waals surface area contributed by atoms with Crippen LogP contribution in [0, 0.1) is 0 Å². The van der Waals surface area contributed by atoms with Crippen LogP contribution < -0.4 is 13.8 Å². The molecule has 0 radical (unpaired) electrons. The molecule has 11 heteroatoms. The molecule has 0 amide bonds. The average Bonchev–Trinajstić information content (AvgIpc) is 3.49. The van der Waals surface area contributed by atoms with Crippen molar-refractivity contribution < 1.29 is 22.4 Å². The van der Waals surface area contributed by atoms with Crippen LogP contribution in [0.1, 0.15) is 0 Å². The molecule has 1 aliphatic rings. The monoisotopic (exact) mass is 489 g/mol. The first-order valence-corrected chi connectivity index (χ1v) is 12.2. The van der Waals surface area contributed by atoms with E-state index in [0.717, 1.165) is 0 Å². The predicted octanol–water partition coefficient (Wildman–Crippen LogP) is 4.71. The molecule has 0 aliphatic carbocycles. The van der Waals surface area contributed by atoms with Crippen molar-refractivity contribution in [3.05, 3.63) is 58.9 Å². The van der Waals surface area contributed by atoms with E-state index in [-0.39, 0.29) is 10.8 Å². The number of thiophene rings is 1. The van der Waals surface area contributed by atoms with E-state index in [9.17, 15) is 8.42 Å². The summed E-state index contributed by atoms with van der Waals surface area (Å²) in [6.45, 7) is 0.871. The van der Waals surface area contributed by atoms with E-state index < -0.39 is 10.0 Å². The van der Waals surface area contributed by atoms with Gasteiger partial charge in [0, 0.05) is 23.7 Å². The third kappa shape index (κ3) is 3.70. The summed E-state index contributed by atoms with van der Waals surface area (Å²) in [6.07, 6.45) is 0. The van der Waals surface area contributed by atoms with Crippen molar-refractivity contribution in [3.63, 3.8) is 0 Å². The molecule has 0 spiro atoms. The minimum Gasteiger partial charge on any atom is -0.486 e. The largest absolute Gasteiger partial charge is 0.486 e. The Labute approximate surface area is 193 Å². The molecule has 0 saturated carbocycles. The van der Waals surface area contributed by atoms with Gasteiger partial charge in [-0.25, -0.2) is 8.42 Å². The van der Waals surface area contributed by atoms with Gasteiger partial charge in [-0.2, -0.15) is 4.98 Å². The molecule has 2 aromatic carbocycles. The summed E-state index contributed by atoms with van der Waals surface area (Å²) in [4.78, 5) is 4.82. The number of ether oxygens (including phenoxy) is 2. The highest BCUT2D eigenvalue weighted by Gasteiger charge is 2.29. The third-order valence-electron chi connectivity index (χ3n) is 4.88. The normalized spacial score (nSPS) is 13.2. The van der Waals surface area contributed by atoms with E-state index in [2.05, 4.69) is 10.1 Å². The van der Waals surface area contributed by atoms with Crippen LogP contribution in [0.25, 0.3) is 22.2 Å². The lowest BCUT2D eigenvalue weighted by atomic mass is 10.2. The maximum atomic E-state index is 13.4. The summed E-state index contributed by atoms with van der Waals surface area (Å²) in [5, 5.41) is 6.25. The quantitative estimate of drug-likeness (QED) is 0.400. The lowest BCUT2D eigenvalue weighted by molar-refractivity contribution is 0.171. The highest BCUT2D eigenvalue weighted by Crippen LogP contribution is 2.38. The Morgan fingerprint density at radius 1 is 1.03 bits per heavy atom. The van der Waals surface area contributed by atoms with Crippen LogP contribution >= 0.6 is 22.9 Å². The Bertz CT molecular complexity index is 1380. The van der Waals surface area contributed by atoms with E-state index in [1.807, 2.05) is 0 Å². The first kappa shape index (κ1) is 20.8. The molecule has 0 bridgehead atoms. The number of aromatic nitrogens is 2. The zero-order valence-electron chi connectivity index (χ0n) is 16.7. The smallest absolute Gasteiger partial charge is 0.269 e. The molecule has 32 heavy (non-hydrogen) atoms. The molecular weight excluding hydrogens is 474 g/mol. The lowest BCUT2D eigenvalue weighted by Gasteiger charge is -2.23. The fourth-order valence-electron chi connectivity index (χ4n) is 3.20. The van der Waals surface area contributed by atoms with Crippen molar-refractivity contribution in [3.8, 4) is 33.7 Å². The SMILES string of the molecule is CN(c1ccc2c(c1)OCCO2)S(=O)(=O)c1ccsc1-c1nc(-c2ccc(Cl)cc2)no1. The number of halogens is 1. The number of rotatable bonds is 5. The summed E-state index contributed by atoms with van der Waals surface area (Å²) >= 11 is 7.14. The predicted molar refractivity (Wildman–Crippen MR) is 121 cm³/mol. The van der Waals surface area contributed by atoms with Crippen LogP contribution in [0.4, 0.5) is 5.69 Å². The van der Waals surface area contributed by atoms with Crippen molar-refractivity contribution in [1.82, 2.24) is 10.1 Å². The van der Waals surface area contributed by atoms with Gasteiger partial charge in [0.1, 0.15) is 23.0 Å². The van der Waals surface area contributed by atoms with Gasteiger partial charge in [0.15, 0.2) is 11.5 Å². The number of hydrogen-bond acceptors (Lipinski definition) is 8. The minimum absolute atomic E-state index is 0.0752. The van der Waals surface area contributed by atoms with E-state index in [1.54, 1.807) is 47.8 Å². The van der Waals surface area contributed by atoms with Gasteiger partial charge in [0.05, 0.1) is 5.69 Å². The molecule has 0 fully saturated rings. The maximum absolute atomic E-state index is 13.4. The highest BCUT2D eigenvalue weighted by molar-refractivity contribution is 7.93. The summed E-state index contributed by atoms with van der Waals surface area (Å²) in [6, 6.07) is 13.5. The van der Waals surface area contributed by atoms with Gasteiger partial charge in [-0.05, 0) is 47.8 Å². The molecule has 0 saturated heterocycles. The van der Waals surface area contributed by atoms with Gasteiger partial charge >= 0.3 is 0 Å². The molecule has 2 aromatic heterocycles. The third-order valence-corrected chi connectivity index (χ3v) is 7.99. The first-order chi connectivity index (χ1) is 15.4. The Kier molecular flexibility index (Phi) is 5.28. The fourth-order valence-corrected chi connectivity index (χ4v) is 5.83. The number of sulfonamides is 1. The molecule has 0 atom stereocenters. The molecule has 5 rings (SSSR count). The molecule has 0 N–H and O–H groups in total. The molecule has 1 aliphatic heterocycles. The molecule has 3 heterocycles. The summed E-state index contributed by atoms with van der Waals surface area (Å²) < 4.78 is 44.5. The summed E-state index contributed by atoms with van der Waals surface area (Å²) in [5.41, 5.74) is 1.15. The molecular formula is C21H16ClN3O5S2. The van der Waals surface area contributed by atoms with Gasteiger partial charge in [0.25, 0.3) is 15.9 Å². The summed E-state index contributed by atoms with van der Waals surface area (Å²) in [5.74, 6) is 1.56. The van der Waals surface area contributed by atoms with Crippen LogP contribution in [-0.2, 0) is 10.0 Å². The molecule has 0 unspecified atom stereocenters. The number of benzene rings is 2. The van der Waals surface area contributed by atoms with E-state index >= 15 is 0 Å². The van der Waals surface area contributed by atoms with Crippen LogP contribution in [0.5, 0.6) is 11.5 Å². The number of fused-ring (bicyclic) bond motifs is 1. The summed E-state index contributed by atoms with van der Waals surface area (Å²) in [7, 11) is -2.43. The van der Waals surface area contributed by atoms with E-state index in [1.165, 1.54) is 28.8 Å². The second-order valence-corrected chi connectivity index (χ2v) is 10.1. The lowest BCUT2D eigenvalue weighted by Crippen LogP contribution is -2.27. The van der Waals surface area contributed by atoms with Crippen LogP contribution in [0.2, 0.25) is 5.02 Å². The van der Waals surface area contributed by atoms with Crippen molar-refractivity contribution in [1.29, 1.82) is 0 Å². The molecule has 4 aromatic rings. The topological polar surface area (TPSA) is 94.8 Å². The number of nitrogens with zero attached hydrogens (tertiary/aromatic N) is 3. The first-order valence-electron chi connectivity index (χ1n) is 9.49. The van der Waals surface area contributed by atoms with Crippen molar-refractivity contribution in [2.75, 3.05) is 24.6 Å². The Balaban J connectivity index is 1.48. The van der Waals surface area contributed by atoms with Crippen LogP contribution in [0.3, 0.4) is 0 Å². The fraction of sp³-hybridized carbons (Fsp3) is 0.143. The zero-order chi connectivity index (χ0) is 22.3.